The van der Waals surface area contributed by atoms with Crippen molar-refractivity contribution < 1.29 is 14.3 Å². The molecule has 1 aromatic heterocycles. The zero-order valence-electron chi connectivity index (χ0n) is 14.2. The van der Waals surface area contributed by atoms with Crippen molar-refractivity contribution in [1.29, 1.82) is 0 Å². The van der Waals surface area contributed by atoms with Gasteiger partial charge in [0.25, 0.3) is 11.8 Å². The van der Waals surface area contributed by atoms with Crippen LogP contribution in [0.15, 0.2) is 30.5 Å². The van der Waals surface area contributed by atoms with Crippen LogP contribution in [0, 0.1) is 6.92 Å². The average molecular weight is 362 g/mol. The molecule has 0 spiro atoms. The molecule has 1 aromatic carbocycles. The molecule has 6 nitrogen and oxygen atoms in total. The van der Waals surface area contributed by atoms with Crippen LogP contribution < -0.4 is 4.74 Å². The second-order valence-corrected chi connectivity index (χ2v) is 6.38. The van der Waals surface area contributed by atoms with Crippen molar-refractivity contribution in [2.45, 2.75) is 6.92 Å². The van der Waals surface area contributed by atoms with E-state index in [2.05, 4.69) is 4.98 Å². The van der Waals surface area contributed by atoms with Crippen molar-refractivity contribution in [2.24, 2.45) is 0 Å². The number of rotatable bonds is 3. The van der Waals surface area contributed by atoms with Crippen LogP contribution in [0.1, 0.15) is 26.4 Å². The van der Waals surface area contributed by atoms with Crippen molar-refractivity contribution in [2.75, 3.05) is 33.3 Å². The summed E-state index contributed by atoms with van der Waals surface area (Å²) in [7, 11) is 1.53. The van der Waals surface area contributed by atoms with Gasteiger partial charge in [0.05, 0.1) is 12.7 Å². The number of piperazine rings is 1. The standard InChI is InChI=1S/C18H20ClN3O3/c1-12-10-16(25-2)13(11-14(12)19)17(23)21-6-8-22(9-7-21)18(24)15-4-3-5-20-15/h3-5,10-11,20H,6-9H2,1-2H3. The summed E-state index contributed by atoms with van der Waals surface area (Å²) in [6, 6.07) is 6.95. The van der Waals surface area contributed by atoms with Gasteiger partial charge in [-0.1, -0.05) is 11.6 Å². The van der Waals surface area contributed by atoms with E-state index < -0.39 is 0 Å². The molecule has 1 fully saturated rings. The van der Waals surface area contributed by atoms with Crippen molar-refractivity contribution in [3.8, 4) is 5.75 Å². The summed E-state index contributed by atoms with van der Waals surface area (Å²) < 4.78 is 5.33. The van der Waals surface area contributed by atoms with Crippen LogP contribution in [-0.2, 0) is 0 Å². The Labute approximate surface area is 151 Å². The first-order valence-corrected chi connectivity index (χ1v) is 8.45. The predicted molar refractivity (Wildman–Crippen MR) is 95.3 cm³/mol. The minimum atomic E-state index is -0.134. The number of nitrogens with zero attached hydrogens (tertiary/aromatic N) is 2. The molecule has 132 valence electrons. The van der Waals surface area contributed by atoms with E-state index in [-0.39, 0.29) is 11.8 Å². The highest BCUT2D eigenvalue weighted by molar-refractivity contribution is 6.31. The Morgan fingerprint density at radius 3 is 2.32 bits per heavy atom. The Kier molecular flexibility index (Phi) is 4.99. The third-order valence-electron chi connectivity index (χ3n) is 4.39. The number of aromatic amines is 1. The van der Waals surface area contributed by atoms with E-state index in [0.717, 1.165) is 5.56 Å². The molecular weight excluding hydrogens is 342 g/mol. The minimum Gasteiger partial charge on any atom is -0.496 e. The van der Waals surface area contributed by atoms with Gasteiger partial charge in [-0.05, 0) is 36.8 Å². The number of carbonyl (C=O) groups is 2. The maximum absolute atomic E-state index is 12.8. The lowest BCUT2D eigenvalue weighted by atomic mass is 10.1. The minimum absolute atomic E-state index is 0.0481. The van der Waals surface area contributed by atoms with E-state index in [1.54, 1.807) is 40.3 Å². The fourth-order valence-electron chi connectivity index (χ4n) is 2.91. The number of aromatic nitrogens is 1. The molecule has 2 aromatic rings. The monoisotopic (exact) mass is 361 g/mol. The van der Waals surface area contributed by atoms with E-state index in [0.29, 0.717) is 48.2 Å². The molecule has 1 saturated heterocycles. The van der Waals surface area contributed by atoms with E-state index in [9.17, 15) is 9.59 Å². The van der Waals surface area contributed by atoms with Gasteiger partial charge in [-0.3, -0.25) is 9.59 Å². The van der Waals surface area contributed by atoms with Crippen LogP contribution >= 0.6 is 11.6 Å². The van der Waals surface area contributed by atoms with Gasteiger partial charge in [-0.25, -0.2) is 0 Å². The zero-order valence-corrected chi connectivity index (χ0v) is 15.0. The average Bonchev–Trinajstić information content (AvgIpc) is 3.17. The molecule has 0 aliphatic carbocycles. The van der Waals surface area contributed by atoms with E-state index in [1.165, 1.54) is 7.11 Å². The van der Waals surface area contributed by atoms with Gasteiger partial charge < -0.3 is 19.5 Å². The number of ether oxygens (including phenoxy) is 1. The van der Waals surface area contributed by atoms with Gasteiger partial charge in [0, 0.05) is 37.4 Å². The number of hydrogen-bond acceptors (Lipinski definition) is 3. The maximum Gasteiger partial charge on any atom is 0.270 e. The first kappa shape index (κ1) is 17.4. The van der Waals surface area contributed by atoms with Gasteiger partial charge in [0.2, 0.25) is 0 Å². The Morgan fingerprint density at radius 1 is 1.12 bits per heavy atom. The van der Waals surface area contributed by atoms with Gasteiger partial charge >= 0.3 is 0 Å². The lowest BCUT2D eigenvalue weighted by Gasteiger charge is -2.34. The fraction of sp³-hybridized carbons (Fsp3) is 0.333. The van der Waals surface area contributed by atoms with Gasteiger partial charge in [-0.15, -0.1) is 0 Å². The Balaban J connectivity index is 1.70. The molecule has 25 heavy (non-hydrogen) atoms. The van der Waals surface area contributed by atoms with Gasteiger partial charge in [0.1, 0.15) is 11.4 Å². The number of halogens is 1. The number of hydrogen-bond donors (Lipinski definition) is 1. The lowest BCUT2D eigenvalue weighted by molar-refractivity contribution is 0.0531. The SMILES string of the molecule is COc1cc(C)c(Cl)cc1C(=O)N1CCN(C(=O)c2ccc[nH]2)CC1. The van der Waals surface area contributed by atoms with Crippen LogP contribution in [0.4, 0.5) is 0 Å². The van der Waals surface area contributed by atoms with Crippen LogP contribution in [0.3, 0.4) is 0 Å². The first-order valence-electron chi connectivity index (χ1n) is 8.07. The molecule has 0 saturated carbocycles. The van der Waals surface area contributed by atoms with Crippen LogP contribution in [-0.4, -0.2) is 59.9 Å². The molecular formula is C18H20ClN3O3. The predicted octanol–water partition coefficient (Wildman–Crippen LogP) is 2.58. The highest BCUT2D eigenvalue weighted by Gasteiger charge is 2.27. The molecule has 3 rings (SSSR count). The van der Waals surface area contributed by atoms with Crippen molar-refractivity contribution in [1.82, 2.24) is 14.8 Å². The number of nitrogens with one attached hydrogen (secondary N) is 1. The molecule has 0 unspecified atom stereocenters. The molecule has 2 heterocycles. The highest BCUT2D eigenvalue weighted by atomic mass is 35.5. The first-order chi connectivity index (χ1) is 12.0. The van der Waals surface area contributed by atoms with E-state index in [1.807, 2.05) is 6.92 Å². The number of aryl methyl sites for hydroxylation is 1. The van der Waals surface area contributed by atoms with Gasteiger partial charge in [0.15, 0.2) is 0 Å². The molecule has 7 heteroatoms. The zero-order chi connectivity index (χ0) is 18.0. The normalized spacial score (nSPS) is 14.5. The molecule has 1 aliphatic rings. The van der Waals surface area contributed by atoms with E-state index >= 15 is 0 Å². The van der Waals surface area contributed by atoms with Crippen LogP contribution in [0.2, 0.25) is 5.02 Å². The largest absolute Gasteiger partial charge is 0.496 e. The Hall–Kier alpha value is -2.47. The lowest BCUT2D eigenvalue weighted by Crippen LogP contribution is -2.50. The number of methoxy groups -OCH3 is 1. The summed E-state index contributed by atoms with van der Waals surface area (Å²) in [5.74, 6) is 0.329. The van der Waals surface area contributed by atoms with Crippen LogP contribution in [0.5, 0.6) is 5.75 Å². The fourth-order valence-corrected chi connectivity index (χ4v) is 3.07. The summed E-state index contributed by atoms with van der Waals surface area (Å²) in [6.07, 6.45) is 1.72. The maximum atomic E-state index is 12.8. The second-order valence-electron chi connectivity index (χ2n) is 5.97. The highest BCUT2D eigenvalue weighted by Crippen LogP contribution is 2.28. The van der Waals surface area contributed by atoms with Crippen molar-refractivity contribution in [3.63, 3.8) is 0 Å². The molecule has 0 atom stereocenters. The molecule has 1 aliphatic heterocycles. The molecule has 0 radical (unpaired) electrons. The van der Waals surface area contributed by atoms with Crippen molar-refractivity contribution in [3.05, 3.63) is 52.3 Å². The molecule has 2 amide bonds. The van der Waals surface area contributed by atoms with E-state index in [4.69, 9.17) is 16.3 Å². The smallest absolute Gasteiger partial charge is 0.270 e. The molecule has 1 N–H and O–H groups in total. The number of H-pyrrole nitrogens is 1. The number of carbonyl (C=O) groups excluding carboxylic acids is 2. The number of benzene rings is 1. The van der Waals surface area contributed by atoms with Crippen LogP contribution in [0.25, 0.3) is 0 Å². The Morgan fingerprint density at radius 2 is 1.76 bits per heavy atom. The Bertz CT molecular complexity index is 781. The third kappa shape index (κ3) is 3.49. The summed E-state index contributed by atoms with van der Waals surface area (Å²) >= 11 is 6.16. The quantitative estimate of drug-likeness (QED) is 0.913. The third-order valence-corrected chi connectivity index (χ3v) is 4.80. The second kappa shape index (κ2) is 7.19. The number of amides is 2. The summed E-state index contributed by atoms with van der Waals surface area (Å²) in [5, 5.41) is 0.532. The molecule has 0 bridgehead atoms. The summed E-state index contributed by atoms with van der Waals surface area (Å²) in [4.78, 5) is 31.6. The van der Waals surface area contributed by atoms with Crippen molar-refractivity contribution >= 4 is 23.4 Å². The topological polar surface area (TPSA) is 65.6 Å². The summed E-state index contributed by atoms with van der Waals surface area (Å²) in [5.41, 5.74) is 1.87. The van der Waals surface area contributed by atoms with Gasteiger partial charge in [-0.2, -0.15) is 0 Å². The summed E-state index contributed by atoms with van der Waals surface area (Å²) in [6.45, 7) is 3.79.